The second-order valence-electron chi connectivity index (χ2n) is 4.35. The van der Waals surface area contributed by atoms with Crippen LogP contribution in [0.5, 0.6) is 0 Å². The minimum Gasteiger partial charge on any atom is -0.255 e. The van der Waals surface area contributed by atoms with E-state index in [-0.39, 0.29) is 0 Å². The van der Waals surface area contributed by atoms with E-state index in [2.05, 4.69) is 41.5 Å². The summed E-state index contributed by atoms with van der Waals surface area (Å²) in [5.41, 5.74) is 3.51. The van der Waals surface area contributed by atoms with Gasteiger partial charge in [0.05, 0.1) is 5.69 Å². The van der Waals surface area contributed by atoms with Crippen molar-refractivity contribution < 1.29 is 0 Å². The minimum absolute atomic E-state index is 0.300. The quantitative estimate of drug-likeness (QED) is 0.780. The van der Waals surface area contributed by atoms with Crippen molar-refractivity contribution in [3.63, 3.8) is 0 Å². The van der Waals surface area contributed by atoms with Gasteiger partial charge >= 0.3 is 0 Å². The number of benzene rings is 1. The molecule has 0 spiro atoms. The number of aromatic nitrogens is 3. The van der Waals surface area contributed by atoms with Crippen molar-refractivity contribution in [2.75, 3.05) is 5.88 Å². The Labute approximate surface area is 106 Å². The number of hydrogen-bond acceptors (Lipinski definition) is 2. The Morgan fingerprint density at radius 2 is 2.00 bits per heavy atom. The molecule has 0 fully saturated rings. The van der Waals surface area contributed by atoms with Crippen LogP contribution in [-0.4, -0.2) is 20.9 Å². The van der Waals surface area contributed by atoms with Crippen molar-refractivity contribution in [3.05, 3.63) is 47.3 Å². The molecule has 0 amide bonds. The highest BCUT2D eigenvalue weighted by Gasteiger charge is 2.13. The van der Waals surface area contributed by atoms with Crippen LogP contribution in [0, 0.1) is 6.92 Å². The van der Waals surface area contributed by atoms with E-state index in [9.17, 15) is 0 Å². The van der Waals surface area contributed by atoms with Crippen LogP contribution in [-0.2, 0) is 13.5 Å². The monoisotopic (exact) mass is 249 g/mol. The van der Waals surface area contributed by atoms with E-state index < -0.39 is 0 Å². The Kier molecular flexibility index (Phi) is 3.79. The van der Waals surface area contributed by atoms with Gasteiger partial charge in [0.15, 0.2) is 0 Å². The van der Waals surface area contributed by atoms with Gasteiger partial charge in [-0.1, -0.05) is 35.0 Å². The van der Waals surface area contributed by atoms with Gasteiger partial charge in [-0.05, 0) is 12.5 Å². The van der Waals surface area contributed by atoms with E-state index in [1.165, 1.54) is 11.1 Å². The van der Waals surface area contributed by atoms with Crippen LogP contribution in [0.25, 0.3) is 0 Å². The number of aryl methyl sites for hydroxylation is 2. The molecule has 0 bridgehead atoms. The van der Waals surface area contributed by atoms with Crippen molar-refractivity contribution in [1.82, 2.24) is 15.0 Å². The highest BCUT2D eigenvalue weighted by molar-refractivity contribution is 6.18. The van der Waals surface area contributed by atoms with Gasteiger partial charge in [-0.2, -0.15) is 0 Å². The molecule has 1 atom stereocenters. The zero-order valence-corrected chi connectivity index (χ0v) is 10.9. The largest absolute Gasteiger partial charge is 0.255 e. The second-order valence-corrected chi connectivity index (χ2v) is 4.66. The molecule has 1 unspecified atom stereocenters. The Balaban J connectivity index is 2.13. The predicted octanol–water partition coefficient (Wildman–Crippen LogP) is 2.69. The molecule has 0 aliphatic heterocycles. The third-order valence-corrected chi connectivity index (χ3v) is 3.21. The maximum absolute atomic E-state index is 6.04. The molecule has 1 heterocycles. The molecule has 1 aromatic heterocycles. The van der Waals surface area contributed by atoms with Gasteiger partial charge in [-0.15, -0.1) is 16.7 Å². The van der Waals surface area contributed by atoms with E-state index in [4.69, 9.17) is 11.6 Å². The summed E-state index contributed by atoms with van der Waals surface area (Å²) in [6, 6.07) is 8.51. The van der Waals surface area contributed by atoms with Gasteiger partial charge in [0, 0.05) is 31.5 Å². The lowest BCUT2D eigenvalue weighted by Gasteiger charge is -2.12. The predicted molar refractivity (Wildman–Crippen MR) is 69.3 cm³/mol. The smallest absolute Gasteiger partial charge is 0.0833 e. The van der Waals surface area contributed by atoms with Crippen LogP contribution in [0.1, 0.15) is 22.7 Å². The third kappa shape index (κ3) is 3.07. The van der Waals surface area contributed by atoms with Gasteiger partial charge in [-0.25, -0.2) is 0 Å². The first-order chi connectivity index (χ1) is 8.19. The third-order valence-electron chi connectivity index (χ3n) is 2.84. The fraction of sp³-hybridized carbons (Fsp3) is 0.385. The van der Waals surface area contributed by atoms with E-state index in [0.717, 1.165) is 12.1 Å². The maximum Gasteiger partial charge on any atom is 0.0833 e. The maximum atomic E-state index is 6.04. The topological polar surface area (TPSA) is 30.7 Å². The lowest BCUT2D eigenvalue weighted by atomic mass is 9.95. The zero-order chi connectivity index (χ0) is 12.3. The standard InChI is InChI=1S/C13H16ClN3/c1-10-3-5-11(6-4-10)12(8-14)7-13-9-17(2)16-15-13/h3-6,9,12H,7-8H2,1-2H3. The highest BCUT2D eigenvalue weighted by Crippen LogP contribution is 2.21. The minimum atomic E-state index is 0.300. The Bertz CT molecular complexity index is 476. The van der Waals surface area contributed by atoms with Crippen LogP contribution in [0.3, 0.4) is 0 Å². The molecule has 3 nitrogen and oxygen atoms in total. The molecule has 0 saturated heterocycles. The first kappa shape index (κ1) is 12.1. The molecule has 0 aliphatic carbocycles. The van der Waals surface area contributed by atoms with Crippen LogP contribution in [0.4, 0.5) is 0 Å². The molecule has 0 saturated carbocycles. The van der Waals surface area contributed by atoms with Gasteiger partial charge < -0.3 is 0 Å². The van der Waals surface area contributed by atoms with Gasteiger partial charge in [-0.3, -0.25) is 4.68 Å². The van der Waals surface area contributed by atoms with Gasteiger partial charge in [0.2, 0.25) is 0 Å². The summed E-state index contributed by atoms with van der Waals surface area (Å²) >= 11 is 6.04. The summed E-state index contributed by atoms with van der Waals surface area (Å²) in [5, 5.41) is 8.04. The lowest BCUT2D eigenvalue weighted by molar-refractivity contribution is 0.707. The molecule has 0 N–H and O–H groups in total. The van der Waals surface area contributed by atoms with E-state index in [1.807, 2.05) is 13.2 Å². The first-order valence-corrected chi connectivity index (χ1v) is 6.20. The van der Waals surface area contributed by atoms with Crippen LogP contribution in [0.15, 0.2) is 30.5 Å². The number of nitrogens with zero attached hydrogens (tertiary/aromatic N) is 3. The molecule has 0 aliphatic rings. The van der Waals surface area contributed by atoms with E-state index in [0.29, 0.717) is 11.8 Å². The van der Waals surface area contributed by atoms with Crippen molar-refractivity contribution >= 4 is 11.6 Å². The molecule has 4 heteroatoms. The number of alkyl halides is 1. The number of hydrogen-bond donors (Lipinski definition) is 0. The summed E-state index contributed by atoms with van der Waals surface area (Å²) in [6.45, 7) is 2.09. The van der Waals surface area contributed by atoms with Gasteiger partial charge in [0.1, 0.15) is 0 Å². The second kappa shape index (κ2) is 5.32. The molecule has 0 radical (unpaired) electrons. The molecule has 2 rings (SSSR count). The van der Waals surface area contributed by atoms with Crippen LogP contribution < -0.4 is 0 Å². The fourth-order valence-corrected chi connectivity index (χ4v) is 2.13. The van der Waals surface area contributed by atoms with E-state index >= 15 is 0 Å². The summed E-state index contributed by atoms with van der Waals surface area (Å²) < 4.78 is 1.72. The summed E-state index contributed by atoms with van der Waals surface area (Å²) in [7, 11) is 1.87. The lowest BCUT2D eigenvalue weighted by Crippen LogP contribution is -2.05. The SMILES string of the molecule is Cc1ccc(C(CCl)Cc2cn(C)nn2)cc1. The molecule has 90 valence electrons. The zero-order valence-electron chi connectivity index (χ0n) is 10.1. The fourth-order valence-electron chi connectivity index (χ4n) is 1.84. The highest BCUT2D eigenvalue weighted by atomic mass is 35.5. The molecular weight excluding hydrogens is 234 g/mol. The summed E-state index contributed by atoms with van der Waals surface area (Å²) in [6.07, 6.45) is 2.77. The average Bonchev–Trinajstić information content (AvgIpc) is 2.73. The Hall–Kier alpha value is -1.35. The van der Waals surface area contributed by atoms with Crippen LogP contribution in [0.2, 0.25) is 0 Å². The number of halogens is 1. The van der Waals surface area contributed by atoms with Crippen molar-refractivity contribution in [2.24, 2.45) is 7.05 Å². The summed E-state index contributed by atoms with van der Waals surface area (Å²) in [5.74, 6) is 0.897. The average molecular weight is 250 g/mol. The Morgan fingerprint density at radius 3 is 2.53 bits per heavy atom. The van der Waals surface area contributed by atoms with Crippen LogP contribution >= 0.6 is 11.6 Å². The Morgan fingerprint density at radius 1 is 1.29 bits per heavy atom. The molecule has 17 heavy (non-hydrogen) atoms. The summed E-state index contributed by atoms with van der Waals surface area (Å²) in [4.78, 5) is 0. The normalized spacial score (nSPS) is 12.6. The first-order valence-electron chi connectivity index (χ1n) is 5.67. The molecule has 1 aromatic carbocycles. The van der Waals surface area contributed by atoms with Crippen molar-refractivity contribution in [1.29, 1.82) is 0 Å². The molecular formula is C13H16ClN3. The van der Waals surface area contributed by atoms with Gasteiger partial charge in [0.25, 0.3) is 0 Å². The van der Waals surface area contributed by atoms with Crippen molar-refractivity contribution in [3.8, 4) is 0 Å². The van der Waals surface area contributed by atoms with Crippen molar-refractivity contribution in [2.45, 2.75) is 19.3 Å². The van der Waals surface area contributed by atoms with E-state index in [1.54, 1.807) is 4.68 Å². The number of rotatable bonds is 4. The molecule has 2 aromatic rings.